The van der Waals surface area contributed by atoms with E-state index < -0.39 is 17.5 Å². The van der Waals surface area contributed by atoms with Crippen molar-refractivity contribution in [2.45, 2.75) is 51.7 Å². The Kier molecular flexibility index (Phi) is 6.99. The number of benzene rings is 1. The van der Waals surface area contributed by atoms with Crippen LogP contribution in [0.2, 0.25) is 0 Å². The lowest BCUT2D eigenvalue weighted by Crippen LogP contribution is -2.09. The molecule has 0 radical (unpaired) electrons. The Morgan fingerprint density at radius 2 is 1.90 bits per heavy atom. The smallest absolute Gasteiger partial charge is 0.417 e. The van der Waals surface area contributed by atoms with E-state index >= 15 is 0 Å². The second-order valence-corrected chi connectivity index (χ2v) is 8.33. The molecule has 0 aliphatic heterocycles. The lowest BCUT2D eigenvalue weighted by Gasteiger charge is -2.16. The molecule has 0 aliphatic carbocycles. The van der Waals surface area contributed by atoms with Crippen LogP contribution in [0.3, 0.4) is 0 Å². The molecule has 1 aromatic carbocycles. The number of rotatable bonds is 8. The van der Waals surface area contributed by atoms with Crippen molar-refractivity contribution in [3.8, 4) is 17.0 Å². The van der Waals surface area contributed by atoms with E-state index in [1.807, 2.05) is 4.57 Å². The monoisotopic (exact) mass is 451 g/mol. The third-order valence-electron chi connectivity index (χ3n) is 5.11. The third kappa shape index (κ3) is 4.90. The number of fused-ring (bicyclic) bond motifs is 1. The summed E-state index contributed by atoms with van der Waals surface area (Å²) < 4.78 is 43.7. The summed E-state index contributed by atoms with van der Waals surface area (Å²) in [5, 5.41) is 16.4. The Bertz CT molecular complexity index is 1100. The van der Waals surface area contributed by atoms with Crippen LogP contribution in [0.15, 0.2) is 40.5 Å². The minimum atomic E-state index is -4.60. The van der Waals surface area contributed by atoms with E-state index in [0.29, 0.717) is 17.1 Å². The van der Waals surface area contributed by atoms with Crippen LogP contribution in [-0.4, -0.2) is 15.5 Å². The number of unbranched alkanes of at least 4 members (excludes halogenated alkanes) is 4. The number of aromatic hydroxyl groups is 1. The Balaban J connectivity index is 2.11. The average Bonchev–Trinajstić information content (AvgIpc) is 3.27. The molecule has 31 heavy (non-hydrogen) atoms. The van der Waals surface area contributed by atoms with E-state index in [4.69, 9.17) is 11.4 Å². The van der Waals surface area contributed by atoms with Gasteiger partial charge in [-0.15, -0.1) is 16.5 Å². The lowest BCUT2D eigenvalue weighted by atomic mass is 10.0. The molecule has 10 heteroatoms. The van der Waals surface area contributed by atoms with Crippen LogP contribution in [0.25, 0.3) is 21.5 Å². The van der Waals surface area contributed by atoms with Gasteiger partial charge in [0.15, 0.2) is 0 Å². The summed E-state index contributed by atoms with van der Waals surface area (Å²) in [7, 11) is 0. The molecule has 3 aromatic rings. The first-order valence-corrected chi connectivity index (χ1v) is 10.8. The topological polar surface area (TPSA) is 99.7 Å². The molecule has 0 aliphatic rings. The maximum atomic E-state index is 13.7. The summed E-state index contributed by atoms with van der Waals surface area (Å²) in [6.07, 6.45) is 0.485. The van der Waals surface area contributed by atoms with Gasteiger partial charge in [-0.05, 0) is 36.8 Å². The number of hydrazone groups is 1. The van der Waals surface area contributed by atoms with Crippen LogP contribution in [0, 0.1) is 5.53 Å². The Morgan fingerprint density at radius 1 is 1.16 bits per heavy atom. The molecule has 2 heterocycles. The third-order valence-corrected chi connectivity index (χ3v) is 6.18. The highest BCUT2D eigenvalue weighted by Gasteiger charge is 2.35. The molecular formula is C21H24F3N5OS. The van der Waals surface area contributed by atoms with Gasteiger partial charge in [0, 0.05) is 12.1 Å². The minimum Gasteiger partial charge on any atom is -0.508 e. The standard InChI is InChI=1S/C21H24F3N5OS/c1-2-3-4-5-6-9-29-16(14-8-7-13(30)10-15(14)21(22,23)24)11-18-17(29)12-19(31-18)20(27-25)28-26/h7-8,10-12,25,30H,2-6,9,26H2,1H3/b27-25?,28-20-. The van der Waals surface area contributed by atoms with Gasteiger partial charge in [0.1, 0.15) is 5.75 Å². The van der Waals surface area contributed by atoms with Gasteiger partial charge >= 0.3 is 6.18 Å². The molecule has 0 fully saturated rings. The minimum absolute atomic E-state index is 0.0155. The van der Waals surface area contributed by atoms with E-state index in [2.05, 4.69) is 17.1 Å². The fraction of sp³-hybridized carbons (Fsp3) is 0.381. The van der Waals surface area contributed by atoms with Crippen molar-refractivity contribution in [3.05, 3.63) is 40.8 Å². The molecule has 0 unspecified atom stereocenters. The maximum absolute atomic E-state index is 13.7. The number of nitrogens with one attached hydrogen (secondary N) is 1. The SMILES string of the molecule is CCCCCCCn1c(-c2ccc(O)cc2C(F)(F)F)cc2sc(/C(N=N)=N/N)cc21. The number of hydrogen-bond acceptors (Lipinski definition) is 5. The molecule has 0 spiro atoms. The predicted molar refractivity (Wildman–Crippen MR) is 117 cm³/mol. The number of aryl methyl sites for hydroxylation is 1. The molecule has 0 saturated heterocycles. The Morgan fingerprint density at radius 3 is 2.55 bits per heavy atom. The second kappa shape index (κ2) is 9.51. The predicted octanol–water partition coefficient (Wildman–Crippen LogP) is 6.72. The number of nitrogens with two attached hydrogens (primary N) is 1. The first-order chi connectivity index (χ1) is 14.8. The van der Waals surface area contributed by atoms with Crippen LogP contribution < -0.4 is 5.84 Å². The molecule has 0 atom stereocenters. The second-order valence-electron chi connectivity index (χ2n) is 7.25. The summed E-state index contributed by atoms with van der Waals surface area (Å²) in [5.74, 6) is 4.93. The average molecular weight is 452 g/mol. The van der Waals surface area contributed by atoms with E-state index in [1.54, 1.807) is 12.1 Å². The lowest BCUT2D eigenvalue weighted by molar-refractivity contribution is -0.137. The number of phenolic OH excluding ortho intramolecular Hbond substituents is 1. The molecule has 3 rings (SSSR count). The summed E-state index contributed by atoms with van der Waals surface area (Å²) in [5.41, 5.74) is 7.53. The largest absolute Gasteiger partial charge is 0.508 e. The van der Waals surface area contributed by atoms with Gasteiger partial charge in [0.25, 0.3) is 0 Å². The number of halogens is 3. The van der Waals surface area contributed by atoms with Crippen molar-refractivity contribution < 1.29 is 18.3 Å². The quantitative estimate of drug-likeness (QED) is 0.0885. The number of nitrogens with zero attached hydrogens (tertiary/aromatic N) is 3. The van der Waals surface area contributed by atoms with Crippen LogP contribution in [-0.2, 0) is 12.7 Å². The number of amidine groups is 1. The summed E-state index contributed by atoms with van der Waals surface area (Å²) >= 11 is 1.27. The van der Waals surface area contributed by atoms with Crippen LogP contribution in [0.5, 0.6) is 5.75 Å². The summed E-state index contributed by atoms with van der Waals surface area (Å²) in [6.45, 7) is 2.67. The van der Waals surface area contributed by atoms with Gasteiger partial charge in [-0.2, -0.15) is 18.3 Å². The number of thiophene rings is 1. The number of aromatic nitrogens is 1. The van der Waals surface area contributed by atoms with Crippen LogP contribution >= 0.6 is 11.3 Å². The number of hydrogen-bond donors (Lipinski definition) is 3. The van der Waals surface area contributed by atoms with Crippen molar-refractivity contribution in [2.75, 3.05) is 0 Å². The molecule has 2 aromatic heterocycles. The van der Waals surface area contributed by atoms with Crippen LogP contribution in [0.1, 0.15) is 49.5 Å². The van der Waals surface area contributed by atoms with Crippen molar-refractivity contribution in [1.82, 2.24) is 4.57 Å². The van der Waals surface area contributed by atoms with Crippen molar-refractivity contribution in [1.29, 1.82) is 5.53 Å². The molecule has 0 bridgehead atoms. The summed E-state index contributed by atoms with van der Waals surface area (Å²) in [6, 6.07) is 6.78. The molecule has 0 saturated carbocycles. The zero-order valence-corrected chi connectivity index (χ0v) is 17.9. The first kappa shape index (κ1) is 22.8. The normalized spacial score (nSPS) is 12.6. The van der Waals surface area contributed by atoms with Gasteiger partial charge < -0.3 is 15.5 Å². The van der Waals surface area contributed by atoms with Crippen molar-refractivity contribution in [2.24, 2.45) is 16.1 Å². The van der Waals surface area contributed by atoms with Gasteiger partial charge in [-0.1, -0.05) is 32.6 Å². The highest BCUT2D eigenvalue weighted by atomic mass is 32.1. The van der Waals surface area contributed by atoms with Gasteiger partial charge in [0.2, 0.25) is 5.84 Å². The van der Waals surface area contributed by atoms with Gasteiger partial charge in [-0.3, -0.25) is 0 Å². The number of phenols is 1. The highest BCUT2D eigenvalue weighted by molar-refractivity contribution is 7.20. The molecule has 4 N–H and O–H groups in total. The zero-order valence-electron chi connectivity index (χ0n) is 17.0. The Labute approximate surface area is 181 Å². The Hall–Kier alpha value is -2.88. The number of alkyl halides is 3. The molecule has 166 valence electrons. The summed E-state index contributed by atoms with van der Waals surface area (Å²) in [4.78, 5) is 0.579. The van der Waals surface area contributed by atoms with Crippen molar-refractivity contribution >= 4 is 27.4 Å². The maximum Gasteiger partial charge on any atom is 0.417 e. The highest BCUT2D eigenvalue weighted by Crippen LogP contribution is 2.42. The van der Waals surface area contributed by atoms with E-state index in [1.165, 1.54) is 23.5 Å². The van der Waals surface area contributed by atoms with E-state index in [0.717, 1.165) is 48.4 Å². The van der Waals surface area contributed by atoms with E-state index in [-0.39, 0.29) is 11.4 Å². The van der Waals surface area contributed by atoms with Crippen LogP contribution in [0.4, 0.5) is 13.2 Å². The molecule has 0 amide bonds. The fourth-order valence-corrected chi connectivity index (χ4v) is 4.67. The van der Waals surface area contributed by atoms with Gasteiger partial charge in [-0.25, -0.2) is 5.53 Å². The van der Waals surface area contributed by atoms with E-state index in [9.17, 15) is 18.3 Å². The first-order valence-electron chi connectivity index (χ1n) is 9.99. The molecule has 6 nitrogen and oxygen atoms in total. The van der Waals surface area contributed by atoms with Gasteiger partial charge in [0.05, 0.1) is 26.4 Å². The molecular weight excluding hydrogens is 427 g/mol. The fourth-order valence-electron chi connectivity index (χ4n) is 3.63. The zero-order chi connectivity index (χ0) is 22.6. The van der Waals surface area contributed by atoms with Crippen molar-refractivity contribution in [3.63, 3.8) is 0 Å².